The van der Waals surface area contributed by atoms with Crippen molar-refractivity contribution in [1.29, 1.82) is 0 Å². The van der Waals surface area contributed by atoms with Crippen LogP contribution < -0.4 is 29.0 Å². The molecule has 2 aromatic rings. The van der Waals surface area contributed by atoms with E-state index in [2.05, 4.69) is 12.2 Å². The van der Waals surface area contributed by atoms with Crippen molar-refractivity contribution in [3.63, 3.8) is 0 Å². The first-order chi connectivity index (χ1) is 25.7. The first-order valence-corrected chi connectivity index (χ1v) is 19.9. The molecule has 53 heavy (non-hydrogen) atoms. The number of carbonyl (C=O) groups is 3. The summed E-state index contributed by atoms with van der Waals surface area (Å²) in [4.78, 5) is 41.8. The number of methoxy groups -OCH3 is 2. The zero-order valence-electron chi connectivity index (χ0n) is 31.8. The highest BCUT2D eigenvalue weighted by Gasteiger charge is 2.61. The summed E-state index contributed by atoms with van der Waals surface area (Å²) in [7, 11) is 2.83. The van der Waals surface area contributed by atoms with Gasteiger partial charge in [0.05, 0.1) is 14.2 Å². The third-order valence-corrected chi connectivity index (χ3v) is 11.3. The summed E-state index contributed by atoms with van der Waals surface area (Å²) >= 11 is 6.63. The topological polar surface area (TPSA) is 130 Å². The number of rotatable bonds is 21. The molecule has 0 aromatic heterocycles. The van der Waals surface area contributed by atoms with Crippen LogP contribution in [0.3, 0.4) is 0 Å². The number of amides is 1. The number of ketones is 2. The molecule has 10 nitrogen and oxygen atoms in total. The highest BCUT2D eigenvalue weighted by molar-refractivity contribution is 6.35. The summed E-state index contributed by atoms with van der Waals surface area (Å²) in [5.41, 5.74) is -1.41. The van der Waals surface area contributed by atoms with Gasteiger partial charge in [-0.3, -0.25) is 14.4 Å². The number of allylic oxidation sites excluding steroid dienone is 1. The van der Waals surface area contributed by atoms with Crippen molar-refractivity contribution in [3.05, 3.63) is 51.7 Å². The second-order valence-electron chi connectivity index (χ2n) is 14.6. The Bertz CT molecular complexity index is 1660. The normalized spacial score (nSPS) is 19.4. The second-order valence-corrected chi connectivity index (χ2v) is 15.0. The Morgan fingerprint density at radius 2 is 1.51 bits per heavy atom. The van der Waals surface area contributed by atoms with E-state index in [1.165, 1.54) is 90.9 Å². The number of aliphatic hydroxyl groups excluding tert-OH is 1. The van der Waals surface area contributed by atoms with Crippen LogP contribution >= 0.6 is 11.6 Å². The van der Waals surface area contributed by atoms with Gasteiger partial charge in [-0.25, -0.2) is 0 Å². The van der Waals surface area contributed by atoms with Crippen LogP contribution in [0.25, 0.3) is 0 Å². The number of hydrogen-bond donors (Lipinski definition) is 2. The molecule has 0 bridgehead atoms. The smallest absolute Gasteiger partial charge is 0.231 e. The summed E-state index contributed by atoms with van der Waals surface area (Å²) in [6, 6.07) is 6.65. The van der Waals surface area contributed by atoms with Crippen LogP contribution in [0.5, 0.6) is 28.7 Å². The molecule has 11 heteroatoms. The van der Waals surface area contributed by atoms with E-state index in [0.29, 0.717) is 23.6 Å². The standard InChI is InChI=1S/C42H56ClNO9/c1-5-6-7-8-9-10-11-12-13-14-15-16-17-18-21-44-35(46)24-29(28-19-20-31-32(23-28)52-26-51-31)36-30(45)22-27(2)42(40(36)47)41(48)37-33(49-3)25-34(50-4)38(43)39(37)53-42/h19-20,23,25,27,29,47H,5-18,21-22,24,26H2,1-4H3,(H,44,46). The Hall–Kier alpha value is -3.92. The van der Waals surface area contributed by atoms with E-state index in [1.807, 2.05) is 0 Å². The number of nitrogens with one attached hydrogen (secondary N) is 1. The lowest BCUT2D eigenvalue weighted by molar-refractivity contribution is -0.121. The maximum atomic E-state index is 14.4. The summed E-state index contributed by atoms with van der Waals surface area (Å²) in [5, 5.41) is 15.2. The summed E-state index contributed by atoms with van der Waals surface area (Å²) < 4.78 is 28.4. The third-order valence-electron chi connectivity index (χ3n) is 10.9. The van der Waals surface area contributed by atoms with Gasteiger partial charge >= 0.3 is 0 Å². The van der Waals surface area contributed by atoms with E-state index in [1.54, 1.807) is 25.1 Å². The Morgan fingerprint density at radius 1 is 0.906 bits per heavy atom. The van der Waals surface area contributed by atoms with Gasteiger partial charge < -0.3 is 34.1 Å². The average Bonchev–Trinajstić information content (AvgIpc) is 3.75. The van der Waals surface area contributed by atoms with Crippen molar-refractivity contribution in [1.82, 2.24) is 5.32 Å². The Kier molecular flexibility index (Phi) is 14.4. The van der Waals surface area contributed by atoms with Gasteiger partial charge in [0.1, 0.15) is 22.1 Å². The first kappa shape index (κ1) is 40.3. The Morgan fingerprint density at radius 3 is 2.13 bits per heavy atom. The summed E-state index contributed by atoms with van der Waals surface area (Å²) in [5.74, 6) is -2.07. The van der Waals surface area contributed by atoms with Crippen LogP contribution in [-0.2, 0) is 9.59 Å². The molecule has 2 aromatic carbocycles. The van der Waals surface area contributed by atoms with Crippen LogP contribution in [0.2, 0.25) is 5.02 Å². The molecule has 0 radical (unpaired) electrons. The molecule has 1 aliphatic carbocycles. The van der Waals surface area contributed by atoms with Gasteiger partial charge in [-0.15, -0.1) is 0 Å². The van der Waals surface area contributed by atoms with Gasteiger partial charge in [0.25, 0.3) is 0 Å². The molecule has 2 heterocycles. The Balaban J connectivity index is 1.26. The molecule has 5 rings (SSSR count). The van der Waals surface area contributed by atoms with Crippen molar-refractivity contribution >= 4 is 29.1 Å². The number of unbranched alkanes of at least 4 members (excludes halogenated alkanes) is 13. The average molecular weight is 754 g/mol. The molecule has 1 amide bonds. The molecule has 2 N–H and O–H groups in total. The zero-order valence-corrected chi connectivity index (χ0v) is 32.5. The SMILES string of the molecule is CCCCCCCCCCCCCCCCNC(=O)CC(C1=C(O)C2(Oc3c(Cl)c(OC)cc(OC)c3C2=O)C(C)CC1=O)c1ccc2c(c1)OCO2. The van der Waals surface area contributed by atoms with E-state index >= 15 is 0 Å². The minimum absolute atomic E-state index is 0.00510. The van der Waals surface area contributed by atoms with Crippen molar-refractivity contribution in [2.45, 2.75) is 128 Å². The van der Waals surface area contributed by atoms with Crippen LogP contribution in [-0.4, -0.2) is 55.7 Å². The molecular formula is C42H56ClNO9. The minimum atomic E-state index is -1.96. The van der Waals surface area contributed by atoms with Gasteiger partial charge in [-0.05, 0) is 24.1 Å². The van der Waals surface area contributed by atoms with Gasteiger partial charge in [-0.1, -0.05) is 115 Å². The maximum absolute atomic E-state index is 14.4. The first-order valence-electron chi connectivity index (χ1n) is 19.5. The van der Waals surface area contributed by atoms with Crippen molar-refractivity contribution in [3.8, 4) is 28.7 Å². The number of aliphatic hydroxyl groups is 1. The fourth-order valence-corrected chi connectivity index (χ4v) is 8.12. The number of hydrogen-bond acceptors (Lipinski definition) is 9. The molecule has 2 aliphatic heterocycles. The molecule has 3 atom stereocenters. The number of Topliss-reactive ketones (excluding diaryl/α,β-unsaturated/α-hetero) is 2. The highest BCUT2D eigenvalue weighted by Crippen LogP contribution is 2.56. The van der Waals surface area contributed by atoms with Gasteiger partial charge in [0.15, 0.2) is 28.8 Å². The molecule has 3 unspecified atom stereocenters. The van der Waals surface area contributed by atoms with Gasteiger partial charge in [0, 0.05) is 42.9 Å². The number of fused-ring (bicyclic) bond motifs is 2. The van der Waals surface area contributed by atoms with E-state index in [0.717, 1.165) is 19.3 Å². The molecule has 0 fully saturated rings. The lowest BCUT2D eigenvalue weighted by Gasteiger charge is -2.38. The lowest BCUT2D eigenvalue weighted by atomic mass is 9.69. The van der Waals surface area contributed by atoms with Crippen LogP contribution in [0.15, 0.2) is 35.6 Å². The van der Waals surface area contributed by atoms with Crippen LogP contribution in [0.1, 0.15) is 138 Å². The largest absolute Gasteiger partial charge is 0.507 e. The van der Waals surface area contributed by atoms with Gasteiger partial charge in [-0.2, -0.15) is 0 Å². The fraction of sp³-hybridized carbons (Fsp3) is 0.595. The monoisotopic (exact) mass is 753 g/mol. The van der Waals surface area contributed by atoms with Gasteiger partial charge in [0.2, 0.25) is 24.1 Å². The predicted molar refractivity (Wildman–Crippen MR) is 204 cm³/mol. The molecule has 1 spiro atoms. The van der Waals surface area contributed by atoms with E-state index < -0.39 is 29.0 Å². The molecular weight excluding hydrogens is 698 g/mol. The van der Waals surface area contributed by atoms with Crippen molar-refractivity contribution < 1.29 is 43.2 Å². The highest BCUT2D eigenvalue weighted by atomic mass is 35.5. The minimum Gasteiger partial charge on any atom is -0.507 e. The molecule has 0 saturated heterocycles. The molecule has 290 valence electrons. The Labute approximate surface area is 318 Å². The fourth-order valence-electron chi connectivity index (χ4n) is 7.86. The number of benzene rings is 2. The van der Waals surface area contributed by atoms with Crippen molar-refractivity contribution in [2.75, 3.05) is 27.6 Å². The second kappa shape index (κ2) is 18.9. The van der Waals surface area contributed by atoms with Crippen molar-refractivity contribution in [2.24, 2.45) is 5.92 Å². The van der Waals surface area contributed by atoms with E-state index in [9.17, 15) is 19.5 Å². The number of carbonyl (C=O) groups excluding carboxylic acids is 3. The van der Waals surface area contributed by atoms with E-state index in [-0.39, 0.29) is 64.7 Å². The third kappa shape index (κ3) is 8.90. The molecule has 3 aliphatic rings. The summed E-state index contributed by atoms with van der Waals surface area (Å²) in [6.07, 6.45) is 17.2. The quantitative estimate of drug-likeness (QED) is 0.120. The lowest BCUT2D eigenvalue weighted by Crippen LogP contribution is -2.53. The van der Waals surface area contributed by atoms with E-state index in [4.69, 9.17) is 35.3 Å². The number of ether oxygens (including phenoxy) is 5. The number of halogens is 1. The predicted octanol–water partition coefficient (Wildman–Crippen LogP) is 9.59. The summed E-state index contributed by atoms with van der Waals surface area (Å²) in [6.45, 7) is 4.47. The molecule has 0 saturated carbocycles. The maximum Gasteiger partial charge on any atom is 0.231 e. The van der Waals surface area contributed by atoms with Crippen LogP contribution in [0, 0.1) is 5.92 Å². The zero-order chi connectivity index (χ0) is 38.0. The van der Waals surface area contributed by atoms with Crippen LogP contribution in [0.4, 0.5) is 0 Å².